The first-order valence-electron chi connectivity index (χ1n) is 32.0. The van der Waals surface area contributed by atoms with Crippen LogP contribution in [0.25, 0.3) is 0 Å². The van der Waals surface area contributed by atoms with Gasteiger partial charge in [-0.3, -0.25) is 9.36 Å². The normalized spacial score (nSPS) is 13.8. The Morgan fingerprint density at radius 3 is 1.08 bits per heavy atom. The Kier molecular flexibility index (Phi) is 54.4. The van der Waals surface area contributed by atoms with Crippen molar-refractivity contribution in [1.29, 1.82) is 0 Å². The average molecular weight is 1040 g/mol. The third-order valence-corrected chi connectivity index (χ3v) is 16.0. The van der Waals surface area contributed by atoms with E-state index in [1.165, 1.54) is 270 Å². The first-order valence-corrected chi connectivity index (χ1v) is 33.5. The number of quaternary nitrogens is 1. The van der Waals surface area contributed by atoms with Crippen molar-refractivity contribution in [2.75, 3.05) is 40.9 Å². The van der Waals surface area contributed by atoms with Gasteiger partial charge in [-0.2, -0.15) is 0 Å². The Bertz CT molecular complexity index is 1180. The zero-order valence-corrected chi connectivity index (χ0v) is 50.1. The molecule has 0 saturated heterocycles. The monoisotopic (exact) mass is 1040 g/mol. The van der Waals surface area contributed by atoms with E-state index in [1.807, 2.05) is 21.1 Å². The number of carbonyl (C=O) groups excluding carboxylic acids is 1. The van der Waals surface area contributed by atoms with Crippen molar-refractivity contribution in [1.82, 2.24) is 5.32 Å². The number of nitrogens with zero attached hydrogens (tertiary/aromatic N) is 1. The molecule has 3 unspecified atom stereocenters. The van der Waals surface area contributed by atoms with Gasteiger partial charge in [0.05, 0.1) is 39.9 Å². The molecule has 0 bridgehead atoms. The zero-order valence-electron chi connectivity index (χ0n) is 49.2. The van der Waals surface area contributed by atoms with Crippen molar-refractivity contribution in [3.8, 4) is 0 Å². The van der Waals surface area contributed by atoms with Crippen LogP contribution in [0.3, 0.4) is 0 Å². The molecule has 1 amide bonds. The van der Waals surface area contributed by atoms with Crippen LogP contribution in [0.5, 0.6) is 0 Å². The lowest BCUT2D eigenvalue weighted by atomic mass is 10.0. The van der Waals surface area contributed by atoms with Crippen LogP contribution in [-0.2, 0) is 18.4 Å². The number of nitrogens with one attached hydrogen (secondary N) is 1. The van der Waals surface area contributed by atoms with Gasteiger partial charge in [-0.05, 0) is 38.5 Å². The van der Waals surface area contributed by atoms with Crippen LogP contribution in [0, 0.1) is 0 Å². The molecule has 2 N–H and O–H groups in total. The highest BCUT2D eigenvalue weighted by molar-refractivity contribution is 7.45. The molecule has 0 aliphatic heterocycles. The van der Waals surface area contributed by atoms with E-state index >= 15 is 0 Å². The van der Waals surface area contributed by atoms with Crippen LogP contribution in [0.4, 0.5) is 0 Å². The number of allylic oxidation sites excluding steroid dienone is 2. The highest BCUT2D eigenvalue weighted by atomic mass is 31.2. The predicted octanol–water partition coefficient (Wildman–Crippen LogP) is 19.1. The van der Waals surface area contributed by atoms with Gasteiger partial charge in [0, 0.05) is 6.42 Å². The topological polar surface area (TPSA) is 108 Å². The third kappa shape index (κ3) is 57.0. The predicted molar refractivity (Wildman–Crippen MR) is 312 cm³/mol. The molecule has 0 saturated carbocycles. The lowest BCUT2D eigenvalue weighted by molar-refractivity contribution is -0.870. The molecule has 0 spiro atoms. The molecule has 0 fully saturated rings. The second kappa shape index (κ2) is 55.0. The quantitative estimate of drug-likeness (QED) is 0.0272. The maximum atomic E-state index is 13.0. The van der Waals surface area contributed by atoms with E-state index in [1.54, 1.807) is 0 Å². The summed E-state index contributed by atoms with van der Waals surface area (Å²) in [6.07, 6.45) is 68.4. The Morgan fingerprint density at radius 1 is 0.472 bits per heavy atom. The SMILES string of the molecule is CCCCCCCCCCCCCC/C=C\CCCCCCCCCCCCCCCCCCCC(=O)NC(COP(=O)([O-])OCC[N+](C)(C)C)C(O)CCCCCCCCCCCCCCCCCCC. The van der Waals surface area contributed by atoms with E-state index in [-0.39, 0.29) is 19.1 Å². The third-order valence-electron chi connectivity index (χ3n) is 15.0. The molecular weight excluding hydrogens is 912 g/mol. The fraction of sp³-hybridized carbons (Fsp3) is 0.952. The summed E-state index contributed by atoms with van der Waals surface area (Å²) in [4.78, 5) is 25.6. The summed E-state index contributed by atoms with van der Waals surface area (Å²) < 4.78 is 23.5. The Labute approximate surface area is 450 Å². The number of phosphoric ester groups is 1. The maximum Gasteiger partial charge on any atom is 0.268 e. The number of phosphoric acid groups is 1. The van der Waals surface area contributed by atoms with Gasteiger partial charge in [-0.25, -0.2) is 0 Å². The lowest BCUT2D eigenvalue weighted by Gasteiger charge is -2.30. The minimum absolute atomic E-state index is 0.0155. The van der Waals surface area contributed by atoms with Crippen LogP contribution in [-0.4, -0.2) is 68.5 Å². The summed E-state index contributed by atoms with van der Waals surface area (Å²) in [7, 11) is 1.32. The second-order valence-corrected chi connectivity index (χ2v) is 24.9. The molecule has 8 nitrogen and oxygen atoms in total. The molecule has 3 atom stereocenters. The fourth-order valence-electron chi connectivity index (χ4n) is 9.98. The summed E-state index contributed by atoms with van der Waals surface area (Å²) in [5.74, 6) is -0.157. The van der Waals surface area contributed by atoms with Crippen LogP contribution < -0.4 is 10.2 Å². The molecule has 72 heavy (non-hydrogen) atoms. The van der Waals surface area contributed by atoms with Gasteiger partial charge >= 0.3 is 0 Å². The van der Waals surface area contributed by atoms with Gasteiger partial charge < -0.3 is 28.8 Å². The van der Waals surface area contributed by atoms with E-state index in [9.17, 15) is 19.4 Å². The average Bonchev–Trinajstić information content (AvgIpc) is 3.34. The molecule has 9 heteroatoms. The summed E-state index contributed by atoms with van der Waals surface area (Å²) in [6, 6.07) is -0.797. The number of rotatable bonds is 60. The molecule has 0 aromatic heterocycles. The summed E-state index contributed by atoms with van der Waals surface area (Å²) in [6.45, 7) is 4.78. The van der Waals surface area contributed by atoms with Gasteiger partial charge in [0.25, 0.3) is 7.82 Å². The van der Waals surface area contributed by atoms with Crippen molar-refractivity contribution in [2.24, 2.45) is 0 Å². The molecule has 430 valence electrons. The van der Waals surface area contributed by atoms with Crippen molar-refractivity contribution in [3.05, 3.63) is 12.2 Å². The number of likely N-dealkylation sites (N-methyl/N-ethyl adjacent to an activating group) is 1. The number of carbonyl (C=O) groups is 1. The molecule has 0 aromatic rings. The van der Waals surface area contributed by atoms with Crippen molar-refractivity contribution in [2.45, 2.75) is 347 Å². The number of amides is 1. The number of hydrogen-bond acceptors (Lipinski definition) is 6. The van der Waals surface area contributed by atoms with Gasteiger partial charge in [0.15, 0.2) is 0 Å². The summed E-state index contributed by atoms with van der Waals surface area (Å²) >= 11 is 0. The van der Waals surface area contributed by atoms with E-state index in [0.29, 0.717) is 23.9 Å². The van der Waals surface area contributed by atoms with Crippen LogP contribution in [0.2, 0.25) is 0 Å². The molecular formula is C63H127N2O6P. The summed E-state index contributed by atoms with van der Waals surface area (Å²) in [5, 5.41) is 14.0. The van der Waals surface area contributed by atoms with Crippen LogP contribution >= 0.6 is 7.82 Å². The van der Waals surface area contributed by atoms with Crippen LogP contribution in [0.15, 0.2) is 12.2 Å². The van der Waals surface area contributed by atoms with Gasteiger partial charge in [0.1, 0.15) is 13.2 Å². The number of aliphatic hydroxyl groups is 1. The first kappa shape index (κ1) is 71.2. The number of unbranched alkanes of at least 4 members (excludes halogenated alkanes) is 45. The minimum Gasteiger partial charge on any atom is -0.756 e. The number of hydrogen-bond donors (Lipinski definition) is 2. The lowest BCUT2D eigenvalue weighted by Crippen LogP contribution is -2.46. The van der Waals surface area contributed by atoms with Gasteiger partial charge in [-0.1, -0.05) is 302 Å². The van der Waals surface area contributed by atoms with Gasteiger partial charge in [-0.15, -0.1) is 0 Å². The molecule has 0 aromatic carbocycles. The van der Waals surface area contributed by atoms with E-state index in [0.717, 1.165) is 38.5 Å². The summed E-state index contributed by atoms with van der Waals surface area (Å²) in [5.41, 5.74) is 0. The first-order chi connectivity index (χ1) is 35.0. The minimum atomic E-state index is -4.57. The van der Waals surface area contributed by atoms with E-state index < -0.39 is 20.0 Å². The van der Waals surface area contributed by atoms with Crippen molar-refractivity contribution in [3.63, 3.8) is 0 Å². The highest BCUT2D eigenvalue weighted by Crippen LogP contribution is 2.38. The zero-order chi connectivity index (χ0) is 52.7. The van der Waals surface area contributed by atoms with Crippen molar-refractivity contribution < 1.29 is 32.9 Å². The molecule has 0 heterocycles. The highest BCUT2D eigenvalue weighted by Gasteiger charge is 2.24. The van der Waals surface area contributed by atoms with Gasteiger partial charge in [0.2, 0.25) is 5.91 Å². The standard InChI is InChI=1S/C63H127N2O6P/c1-6-8-10-12-14-16-18-20-22-24-25-26-27-28-29-30-31-32-33-34-35-36-37-38-39-41-43-45-47-49-51-53-55-57-63(67)64-61(60-71-72(68,69)70-59-58-65(3,4)5)62(66)56-54-52-50-48-46-44-42-40-23-21-19-17-15-13-11-9-7-2/h28-29,61-62,66H,6-27,30-60H2,1-5H3,(H-,64,67,68,69)/b29-28-. The molecule has 0 radical (unpaired) electrons. The fourth-order valence-corrected chi connectivity index (χ4v) is 10.7. The Hall–Kier alpha value is -0.760. The van der Waals surface area contributed by atoms with E-state index in [4.69, 9.17) is 9.05 Å². The van der Waals surface area contributed by atoms with Crippen molar-refractivity contribution >= 4 is 13.7 Å². The van der Waals surface area contributed by atoms with Crippen LogP contribution in [0.1, 0.15) is 335 Å². The number of aliphatic hydroxyl groups excluding tert-OH is 1. The second-order valence-electron chi connectivity index (χ2n) is 23.5. The van der Waals surface area contributed by atoms with E-state index in [2.05, 4.69) is 31.3 Å². The Morgan fingerprint density at radius 2 is 0.764 bits per heavy atom. The smallest absolute Gasteiger partial charge is 0.268 e. The Balaban J connectivity index is 3.97. The largest absolute Gasteiger partial charge is 0.756 e. The molecule has 0 aliphatic carbocycles. The maximum absolute atomic E-state index is 13.0. The molecule has 0 aliphatic rings. The molecule has 0 rings (SSSR count).